The summed E-state index contributed by atoms with van der Waals surface area (Å²) in [6.07, 6.45) is 2.81. The van der Waals surface area contributed by atoms with Crippen molar-refractivity contribution in [3.05, 3.63) is 47.0 Å². The van der Waals surface area contributed by atoms with Gasteiger partial charge in [0.05, 0.1) is 16.9 Å². The van der Waals surface area contributed by atoms with Crippen molar-refractivity contribution in [2.24, 2.45) is 0 Å². The van der Waals surface area contributed by atoms with Gasteiger partial charge in [-0.1, -0.05) is 6.92 Å². The van der Waals surface area contributed by atoms with Gasteiger partial charge in [0, 0.05) is 6.20 Å². The highest BCUT2D eigenvalue weighted by Gasteiger charge is 2.07. The summed E-state index contributed by atoms with van der Waals surface area (Å²) >= 11 is 0. The molecule has 0 unspecified atom stereocenters. The summed E-state index contributed by atoms with van der Waals surface area (Å²) in [5.74, 6) is -0.504. The summed E-state index contributed by atoms with van der Waals surface area (Å²) < 4.78 is 14.9. The number of hydrogen-bond donors (Lipinski definition) is 0. The summed E-state index contributed by atoms with van der Waals surface area (Å²) in [4.78, 5) is 0. The van der Waals surface area contributed by atoms with Crippen LogP contribution in [0.3, 0.4) is 0 Å². The normalized spacial score (nSPS) is 10.2. The maximum absolute atomic E-state index is 13.2. The van der Waals surface area contributed by atoms with Gasteiger partial charge in [-0.3, -0.25) is 0 Å². The van der Waals surface area contributed by atoms with Gasteiger partial charge < -0.3 is 0 Å². The Bertz CT molecular complexity index is 593. The molecule has 2 aromatic rings. The molecule has 0 fully saturated rings. The molecule has 86 valence electrons. The van der Waals surface area contributed by atoms with Crippen LogP contribution in [0, 0.1) is 24.1 Å². The molecule has 0 radical (unpaired) electrons. The Labute approximate surface area is 99.1 Å². The summed E-state index contributed by atoms with van der Waals surface area (Å²) in [7, 11) is 0. The minimum Gasteiger partial charge on any atom is -0.240 e. The number of nitrogens with zero attached hydrogens (tertiary/aromatic N) is 3. The van der Waals surface area contributed by atoms with Gasteiger partial charge in [0.25, 0.3) is 0 Å². The lowest BCUT2D eigenvalue weighted by molar-refractivity contribution is 0.623. The number of hydrogen-bond acceptors (Lipinski definition) is 2. The SMILES string of the molecule is CCc1cn(-c2ccc(F)c(C#N)c2)nc1C. The van der Waals surface area contributed by atoms with E-state index in [0.29, 0.717) is 5.69 Å². The van der Waals surface area contributed by atoms with E-state index in [9.17, 15) is 4.39 Å². The van der Waals surface area contributed by atoms with Crippen molar-refractivity contribution in [2.45, 2.75) is 20.3 Å². The summed E-state index contributed by atoms with van der Waals surface area (Å²) in [6.45, 7) is 3.99. The Morgan fingerprint density at radius 2 is 2.24 bits per heavy atom. The molecule has 1 heterocycles. The number of aromatic nitrogens is 2. The molecule has 2 rings (SSSR count). The second kappa shape index (κ2) is 4.38. The predicted molar refractivity (Wildman–Crippen MR) is 62.4 cm³/mol. The van der Waals surface area contributed by atoms with Crippen LogP contribution < -0.4 is 0 Å². The number of nitriles is 1. The van der Waals surface area contributed by atoms with E-state index in [1.807, 2.05) is 19.2 Å². The van der Waals surface area contributed by atoms with Gasteiger partial charge in [-0.25, -0.2) is 9.07 Å². The zero-order valence-electron chi connectivity index (χ0n) is 9.74. The van der Waals surface area contributed by atoms with E-state index in [-0.39, 0.29) is 5.56 Å². The molecule has 17 heavy (non-hydrogen) atoms. The van der Waals surface area contributed by atoms with Crippen molar-refractivity contribution in [3.8, 4) is 11.8 Å². The van der Waals surface area contributed by atoms with Crippen LogP contribution in [0.15, 0.2) is 24.4 Å². The third-order valence-corrected chi connectivity index (χ3v) is 2.72. The second-order valence-electron chi connectivity index (χ2n) is 3.81. The molecule has 0 saturated carbocycles. The fraction of sp³-hybridized carbons (Fsp3) is 0.231. The van der Waals surface area contributed by atoms with Gasteiger partial charge in [0.15, 0.2) is 0 Å². The van der Waals surface area contributed by atoms with Crippen LogP contribution in [0.5, 0.6) is 0 Å². The molecule has 3 nitrogen and oxygen atoms in total. The topological polar surface area (TPSA) is 41.6 Å². The van der Waals surface area contributed by atoms with Gasteiger partial charge in [0.2, 0.25) is 0 Å². The first kappa shape index (κ1) is 11.3. The molecule has 0 bridgehead atoms. The van der Waals surface area contributed by atoms with E-state index in [4.69, 9.17) is 5.26 Å². The number of rotatable bonds is 2. The van der Waals surface area contributed by atoms with Crippen LogP contribution in [0.4, 0.5) is 4.39 Å². The van der Waals surface area contributed by atoms with Gasteiger partial charge in [-0.15, -0.1) is 0 Å². The molecule has 0 saturated heterocycles. The quantitative estimate of drug-likeness (QED) is 0.794. The average Bonchev–Trinajstić information content (AvgIpc) is 2.71. The minimum absolute atomic E-state index is 0.0358. The standard InChI is InChI=1S/C13H12FN3/c1-3-10-8-17(16-9(10)2)12-4-5-13(14)11(6-12)7-15/h4-6,8H,3H2,1-2H3. The third kappa shape index (κ3) is 2.04. The molecule has 0 aliphatic rings. The molecule has 1 aromatic carbocycles. The lowest BCUT2D eigenvalue weighted by Gasteiger charge is -2.01. The first-order chi connectivity index (χ1) is 8.15. The van der Waals surface area contributed by atoms with Crippen LogP contribution in [0.25, 0.3) is 5.69 Å². The summed E-state index contributed by atoms with van der Waals surface area (Å²) in [6, 6.07) is 6.23. The first-order valence-electron chi connectivity index (χ1n) is 5.41. The smallest absolute Gasteiger partial charge is 0.141 e. The lowest BCUT2D eigenvalue weighted by Crippen LogP contribution is -1.96. The van der Waals surface area contributed by atoms with E-state index in [1.54, 1.807) is 10.7 Å². The fourth-order valence-electron chi connectivity index (χ4n) is 1.72. The molecular formula is C13H12FN3. The fourth-order valence-corrected chi connectivity index (χ4v) is 1.72. The molecule has 0 amide bonds. The number of halogens is 1. The monoisotopic (exact) mass is 229 g/mol. The average molecular weight is 229 g/mol. The number of aryl methyl sites for hydroxylation is 2. The Morgan fingerprint density at radius 1 is 1.47 bits per heavy atom. The Balaban J connectivity index is 2.50. The van der Waals surface area contributed by atoms with Crippen LogP contribution in [0.2, 0.25) is 0 Å². The van der Waals surface area contributed by atoms with Crippen molar-refractivity contribution in [1.82, 2.24) is 9.78 Å². The zero-order chi connectivity index (χ0) is 12.4. The van der Waals surface area contributed by atoms with Gasteiger partial charge in [-0.2, -0.15) is 10.4 Å². The summed E-state index contributed by atoms with van der Waals surface area (Å²) in [5, 5.41) is 13.1. The molecule has 0 aliphatic heterocycles. The van der Waals surface area contributed by atoms with Crippen LogP contribution in [0.1, 0.15) is 23.7 Å². The first-order valence-corrected chi connectivity index (χ1v) is 5.41. The Morgan fingerprint density at radius 3 is 2.82 bits per heavy atom. The van der Waals surface area contributed by atoms with Gasteiger partial charge in [-0.05, 0) is 37.1 Å². The van der Waals surface area contributed by atoms with Crippen LogP contribution in [-0.4, -0.2) is 9.78 Å². The van der Waals surface area contributed by atoms with Crippen molar-refractivity contribution in [3.63, 3.8) is 0 Å². The maximum atomic E-state index is 13.2. The predicted octanol–water partition coefficient (Wildman–Crippen LogP) is 2.75. The molecule has 0 N–H and O–H groups in total. The van der Waals surface area contributed by atoms with Crippen molar-refractivity contribution >= 4 is 0 Å². The molecule has 0 atom stereocenters. The number of benzene rings is 1. The summed E-state index contributed by atoms with van der Waals surface area (Å²) in [5.41, 5.74) is 2.84. The van der Waals surface area contributed by atoms with Crippen molar-refractivity contribution in [2.75, 3.05) is 0 Å². The Hall–Kier alpha value is -2.15. The molecular weight excluding hydrogens is 217 g/mol. The van der Waals surface area contributed by atoms with Crippen LogP contribution in [-0.2, 0) is 6.42 Å². The molecule has 0 aliphatic carbocycles. The second-order valence-corrected chi connectivity index (χ2v) is 3.81. The van der Waals surface area contributed by atoms with E-state index in [2.05, 4.69) is 12.0 Å². The van der Waals surface area contributed by atoms with Crippen molar-refractivity contribution in [1.29, 1.82) is 5.26 Å². The Kier molecular flexibility index (Phi) is 2.92. The minimum atomic E-state index is -0.504. The van der Waals surface area contributed by atoms with E-state index < -0.39 is 5.82 Å². The molecule has 4 heteroatoms. The highest BCUT2D eigenvalue weighted by molar-refractivity contribution is 5.42. The lowest BCUT2D eigenvalue weighted by atomic mass is 10.2. The van der Waals surface area contributed by atoms with Gasteiger partial charge in [0.1, 0.15) is 11.9 Å². The molecule has 0 spiro atoms. The van der Waals surface area contributed by atoms with E-state index in [0.717, 1.165) is 17.7 Å². The highest BCUT2D eigenvalue weighted by atomic mass is 19.1. The van der Waals surface area contributed by atoms with Gasteiger partial charge >= 0.3 is 0 Å². The maximum Gasteiger partial charge on any atom is 0.141 e. The largest absolute Gasteiger partial charge is 0.240 e. The third-order valence-electron chi connectivity index (χ3n) is 2.72. The van der Waals surface area contributed by atoms with Crippen molar-refractivity contribution < 1.29 is 4.39 Å². The molecule has 1 aromatic heterocycles. The van der Waals surface area contributed by atoms with Crippen LogP contribution >= 0.6 is 0 Å². The van der Waals surface area contributed by atoms with E-state index >= 15 is 0 Å². The highest BCUT2D eigenvalue weighted by Crippen LogP contribution is 2.15. The van der Waals surface area contributed by atoms with E-state index in [1.165, 1.54) is 12.1 Å². The zero-order valence-corrected chi connectivity index (χ0v) is 9.74.